The molecular formula is C20H26N4O. The first-order chi connectivity index (χ1) is 12.2. The maximum absolute atomic E-state index is 12.5. The van der Waals surface area contributed by atoms with E-state index in [0.717, 1.165) is 25.5 Å². The van der Waals surface area contributed by atoms with Crippen molar-refractivity contribution in [1.29, 1.82) is 0 Å². The molecule has 0 saturated heterocycles. The maximum atomic E-state index is 12.5. The number of rotatable bonds is 4. The summed E-state index contributed by atoms with van der Waals surface area (Å²) < 4.78 is 2.16. The van der Waals surface area contributed by atoms with Gasteiger partial charge in [-0.25, -0.2) is 4.98 Å². The summed E-state index contributed by atoms with van der Waals surface area (Å²) in [5.74, 6) is 1.13. The second kappa shape index (κ2) is 7.00. The summed E-state index contributed by atoms with van der Waals surface area (Å²) in [6.45, 7) is 5.05. The number of carbonyl (C=O) groups excluding carboxylic acids is 1. The molecule has 1 aromatic carbocycles. The molecule has 2 aliphatic rings. The number of hydrogen-bond acceptors (Lipinski definition) is 3. The van der Waals surface area contributed by atoms with E-state index in [9.17, 15) is 4.79 Å². The highest BCUT2D eigenvalue weighted by Crippen LogP contribution is 2.24. The first-order valence-electron chi connectivity index (χ1n) is 9.32. The van der Waals surface area contributed by atoms with Crippen LogP contribution in [-0.2, 0) is 30.7 Å². The van der Waals surface area contributed by atoms with Gasteiger partial charge in [0.2, 0.25) is 5.91 Å². The molecule has 2 aromatic rings. The molecule has 1 aliphatic heterocycles. The third kappa shape index (κ3) is 3.61. The zero-order valence-electron chi connectivity index (χ0n) is 14.9. The van der Waals surface area contributed by atoms with Gasteiger partial charge in [0.25, 0.3) is 0 Å². The monoisotopic (exact) mass is 338 g/mol. The van der Waals surface area contributed by atoms with Gasteiger partial charge in [-0.05, 0) is 49.3 Å². The Labute approximate surface area is 149 Å². The minimum absolute atomic E-state index is 0.0477. The molecule has 0 radical (unpaired) electrons. The van der Waals surface area contributed by atoms with Gasteiger partial charge in [0.05, 0.1) is 19.1 Å². The first kappa shape index (κ1) is 16.3. The topological polar surface area (TPSA) is 50.2 Å². The average molecular weight is 338 g/mol. The van der Waals surface area contributed by atoms with E-state index in [0.29, 0.717) is 6.54 Å². The second-order valence-corrected chi connectivity index (χ2v) is 7.27. The molecule has 1 amide bonds. The smallest absolute Gasteiger partial charge is 0.234 e. The zero-order valence-corrected chi connectivity index (χ0v) is 14.9. The minimum atomic E-state index is 0.0477. The van der Waals surface area contributed by atoms with Crippen LogP contribution in [0.5, 0.6) is 0 Å². The van der Waals surface area contributed by atoms with Crippen LogP contribution in [0.3, 0.4) is 0 Å². The third-order valence-corrected chi connectivity index (χ3v) is 5.44. The number of nitrogens with zero attached hydrogens (tertiary/aromatic N) is 3. The van der Waals surface area contributed by atoms with Crippen molar-refractivity contribution in [3.63, 3.8) is 0 Å². The van der Waals surface area contributed by atoms with Crippen LogP contribution in [0.25, 0.3) is 0 Å². The molecule has 1 atom stereocenters. The van der Waals surface area contributed by atoms with Crippen LogP contribution in [-0.4, -0.2) is 33.4 Å². The number of hydrogen-bond donors (Lipinski definition) is 1. The van der Waals surface area contributed by atoms with Gasteiger partial charge < -0.3 is 9.88 Å². The van der Waals surface area contributed by atoms with Crippen molar-refractivity contribution in [2.45, 2.75) is 51.7 Å². The summed E-state index contributed by atoms with van der Waals surface area (Å²) in [5.41, 5.74) is 4.16. The summed E-state index contributed by atoms with van der Waals surface area (Å²) in [5, 5.41) is 3.16. The molecule has 5 nitrogen and oxygen atoms in total. The molecule has 5 heteroatoms. The molecule has 1 N–H and O–H groups in total. The Bertz CT molecular complexity index is 767. The molecule has 0 fully saturated rings. The molecule has 0 unspecified atom stereocenters. The van der Waals surface area contributed by atoms with E-state index in [1.807, 2.05) is 12.4 Å². The van der Waals surface area contributed by atoms with Gasteiger partial charge in [-0.1, -0.05) is 18.2 Å². The lowest BCUT2D eigenvalue weighted by Gasteiger charge is -2.27. The Morgan fingerprint density at radius 2 is 2.08 bits per heavy atom. The van der Waals surface area contributed by atoms with Gasteiger partial charge in [-0.2, -0.15) is 0 Å². The Balaban J connectivity index is 1.34. The number of amides is 1. The zero-order chi connectivity index (χ0) is 17.2. The summed E-state index contributed by atoms with van der Waals surface area (Å²) in [4.78, 5) is 19.0. The van der Waals surface area contributed by atoms with Crippen LogP contribution in [0, 0.1) is 0 Å². The number of fused-ring (bicyclic) bond motifs is 2. The van der Waals surface area contributed by atoms with Crippen molar-refractivity contribution in [3.8, 4) is 0 Å². The van der Waals surface area contributed by atoms with E-state index in [-0.39, 0.29) is 11.9 Å². The molecular weight excluding hydrogens is 312 g/mol. The molecule has 4 rings (SSSR count). The molecule has 0 spiro atoms. The number of aryl methyl sites for hydroxylation is 2. The fraction of sp³-hybridized carbons (Fsp3) is 0.500. The minimum Gasteiger partial charge on any atom is -0.348 e. The summed E-state index contributed by atoms with van der Waals surface area (Å²) >= 11 is 0. The van der Waals surface area contributed by atoms with E-state index in [2.05, 4.69) is 44.9 Å². The van der Waals surface area contributed by atoms with Crippen LogP contribution >= 0.6 is 0 Å². The molecule has 132 valence electrons. The third-order valence-electron chi connectivity index (χ3n) is 5.44. The Morgan fingerprint density at radius 1 is 1.24 bits per heavy atom. The molecule has 25 heavy (non-hydrogen) atoms. The molecule has 1 aromatic heterocycles. The first-order valence-corrected chi connectivity index (χ1v) is 9.32. The molecule has 0 saturated carbocycles. The van der Waals surface area contributed by atoms with E-state index < -0.39 is 0 Å². The van der Waals surface area contributed by atoms with Gasteiger partial charge in [-0.3, -0.25) is 9.69 Å². The van der Waals surface area contributed by atoms with Crippen molar-refractivity contribution in [1.82, 2.24) is 19.8 Å². The van der Waals surface area contributed by atoms with E-state index in [1.165, 1.54) is 42.4 Å². The van der Waals surface area contributed by atoms with E-state index in [4.69, 9.17) is 0 Å². The fourth-order valence-corrected chi connectivity index (χ4v) is 3.95. The lowest BCUT2D eigenvalue weighted by atomic mass is 9.89. The Morgan fingerprint density at radius 3 is 2.96 bits per heavy atom. The molecule has 2 heterocycles. The lowest BCUT2D eigenvalue weighted by molar-refractivity contribution is -0.123. The number of nitrogens with one attached hydrogen (secondary N) is 1. The summed E-state index contributed by atoms with van der Waals surface area (Å²) in [7, 11) is 0. The van der Waals surface area contributed by atoms with Crippen LogP contribution in [0.15, 0.2) is 30.6 Å². The van der Waals surface area contributed by atoms with Crippen molar-refractivity contribution < 1.29 is 4.79 Å². The van der Waals surface area contributed by atoms with Crippen molar-refractivity contribution in [3.05, 3.63) is 53.1 Å². The van der Waals surface area contributed by atoms with Gasteiger partial charge in [-0.15, -0.1) is 0 Å². The average Bonchev–Trinajstić information content (AvgIpc) is 3.09. The van der Waals surface area contributed by atoms with Crippen LogP contribution < -0.4 is 5.32 Å². The van der Waals surface area contributed by atoms with Crippen molar-refractivity contribution >= 4 is 5.91 Å². The fourth-order valence-electron chi connectivity index (χ4n) is 3.95. The number of benzene rings is 1. The van der Waals surface area contributed by atoms with Gasteiger partial charge in [0.15, 0.2) is 0 Å². The van der Waals surface area contributed by atoms with E-state index in [1.54, 1.807) is 0 Å². The number of imidazole rings is 1. The van der Waals surface area contributed by atoms with Crippen LogP contribution in [0.2, 0.25) is 0 Å². The largest absolute Gasteiger partial charge is 0.348 e. The number of carbonyl (C=O) groups is 1. The standard InChI is InChI=1S/C20H26N4O/c1-15(17-7-6-16-4-2-3-5-18(16)12-17)22-20(25)14-23-10-11-24-9-8-21-19(24)13-23/h6-9,12,15H,2-5,10-11,13-14H2,1H3,(H,22,25)/t15-/m0/s1. The highest BCUT2D eigenvalue weighted by Gasteiger charge is 2.20. The van der Waals surface area contributed by atoms with Gasteiger partial charge in [0, 0.05) is 25.5 Å². The van der Waals surface area contributed by atoms with Crippen molar-refractivity contribution in [2.75, 3.05) is 13.1 Å². The van der Waals surface area contributed by atoms with Gasteiger partial charge >= 0.3 is 0 Å². The Kier molecular flexibility index (Phi) is 4.57. The SMILES string of the molecule is C[C@H](NC(=O)CN1CCn2ccnc2C1)c1ccc2c(c1)CCCC2. The predicted molar refractivity (Wildman–Crippen MR) is 97.1 cm³/mol. The summed E-state index contributed by atoms with van der Waals surface area (Å²) in [6.07, 6.45) is 8.78. The van der Waals surface area contributed by atoms with Gasteiger partial charge in [0.1, 0.15) is 5.82 Å². The normalized spacial score (nSPS) is 18.3. The van der Waals surface area contributed by atoms with Crippen molar-refractivity contribution in [2.24, 2.45) is 0 Å². The quantitative estimate of drug-likeness (QED) is 0.932. The molecule has 0 bridgehead atoms. The van der Waals surface area contributed by atoms with E-state index >= 15 is 0 Å². The lowest BCUT2D eigenvalue weighted by Crippen LogP contribution is -2.41. The summed E-state index contributed by atoms with van der Waals surface area (Å²) in [6, 6.07) is 6.76. The van der Waals surface area contributed by atoms with Crippen LogP contribution in [0.1, 0.15) is 48.3 Å². The predicted octanol–water partition coefficient (Wildman–Crippen LogP) is 2.45. The molecule has 1 aliphatic carbocycles. The maximum Gasteiger partial charge on any atom is 0.234 e. The number of aromatic nitrogens is 2. The van der Waals surface area contributed by atoms with Crippen LogP contribution in [0.4, 0.5) is 0 Å². The second-order valence-electron chi connectivity index (χ2n) is 7.27. The highest BCUT2D eigenvalue weighted by molar-refractivity contribution is 5.78. The Hall–Kier alpha value is -2.14. The highest BCUT2D eigenvalue weighted by atomic mass is 16.2.